The summed E-state index contributed by atoms with van der Waals surface area (Å²) in [6.45, 7) is -1.46. The highest BCUT2D eigenvalue weighted by molar-refractivity contribution is 5.98. The first-order chi connectivity index (χ1) is 62.9. The summed E-state index contributed by atoms with van der Waals surface area (Å²) in [6, 6.07) is -2.57. The number of carbonyl (C=O) groups excluding carboxylic acids is 10. The third-order valence-corrected chi connectivity index (χ3v) is 22.0. The van der Waals surface area contributed by atoms with Crippen molar-refractivity contribution >= 4 is 124 Å². The van der Waals surface area contributed by atoms with Gasteiger partial charge in [0.2, 0.25) is 53.2 Å². The molecule has 2 aliphatic rings. The minimum Gasteiger partial charge on any atom is -0.481 e. The molecule has 9 atom stereocenters. The largest absolute Gasteiger partial charge is 0.481 e. The Balaban J connectivity index is 1.01. The van der Waals surface area contributed by atoms with Crippen molar-refractivity contribution in [2.75, 3.05) is 91.6 Å². The van der Waals surface area contributed by atoms with E-state index in [2.05, 4.69) is 88.4 Å². The molecule has 720 valence electrons. The van der Waals surface area contributed by atoms with Gasteiger partial charge in [0.25, 0.3) is 0 Å². The molecule has 0 unspecified atom stereocenters. The number of aliphatic carboxylic acids is 9. The topological polar surface area (TPSA) is 738 Å². The third-order valence-electron chi connectivity index (χ3n) is 22.0. The minimum atomic E-state index is -1.87. The van der Waals surface area contributed by atoms with Crippen LogP contribution in [0.4, 0.5) is 4.79 Å². The second-order valence-electron chi connectivity index (χ2n) is 32.2. The molecule has 49 nitrogen and oxygen atoms in total. The number of unbranched alkanes of at least 4 members (excludes halogenated alkanes) is 1. The lowest BCUT2D eigenvalue weighted by Crippen LogP contribution is -2.60. The lowest BCUT2D eigenvalue weighted by atomic mass is 9.81. The normalized spacial score (nSPS) is 16.8. The highest BCUT2D eigenvalue weighted by Crippen LogP contribution is 2.29. The molecule has 0 bridgehead atoms. The fraction of sp³-hybridized carbons (Fsp3) is 0.542. The van der Waals surface area contributed by atoms with Crippen LogP contribution >= 0.6 is 0 Å². The molecule has 4 heterocycles. The van der Waals surface area contributed by atoms with Crippen LogP contribution in [0.3, 0.4) is 0 Å². The van der Waals surface area contributed by atoms with E-state index < -0.39 is 257 Å². The number of hydrogen-bond acceptors (Lipinski definition) is 26. The molecule has 23 N–H and O–H groups in total. The predicted molar refractivity (Wildman–Crippen MR) is 459 cm³/mol. The monoisotopic (exact) mass is 1850 g/mol. The maximum absolute atomic E-state index is 14.8. The summed E-state index contributed by atoms with van der Waals surface area (Å²) < 4.78 is 0. The number of urea groups is 1. The van der Waals surface area contributed by atoms with Crippen molar-refractivity contribution in [3.8, 4) is 0 Å². The second-order valence-corrected chi connectivity index (χ2v) is 32.2. The minimum absolute atomic E-state index is 0.00247. The van der Waals surface area contributed by atoms with Gasteiger partial charge in [-0.1, -0.05) is 42.5 Å². The summed E-state index contributed by atoms with van der Waals surface area (Å²) in [6.07, 6.45) is 3.18. The zero-order valence-electron chi connectivity index (χ0n) is 72.3. The number of benzene rings is 2. The van der Waals surface area contributed by atoms with Crippen molar-refractivity contribution in [3.63, 3.8) is 0 Å². The Morgan fingerprint density at radius 2 is 0.795 bits per heavy atom. The first-order valence-electron chi connectivity index (χ1n) is 42.9. The number of amides is 11. The molecule has 1 aliphatic carbocycles. The number of hydrogen-bond donors (Lipinski definition) is 23. The highest BCUT2D eigenvalue weighted by Gasteiger charge is 2.38. The van der Waals surface area contributed by atoms with Crippen LogP contribution < -0.4 is 58.5 Å². The fourth-order valence-electron chi connectivity index (χ4n) is 14.9. The van der Waals surface area contributed by atoms with E-state index in [0.29, 0.717) is 18.4 Å². The SMILES string of the molecule is O=C(O)CCC[C@H](NC(=O)[C@H](Cc1c[nH]cn1)NC(=O)[C@H](CCC(=O)O)NC(=O)[C@H](Cc1cnc[nH]1)NC(=O)[C@H](CCC(=O)O)NC(=O)[C@H](Cc1cnc[nH]1)NC(=O)CN1CCN(CC(=O)O)CCN(CC(=O)O)CCN(CC(=O)O)CC1)C(=O)NCC1CCC(C(=O)N[C@@H](Cc2ccc3ccccc3c2)C(=O)NCCCC[C@H](NC(=O)N[C@@H](CCC(=O)O)C(=O)O)C(=O)O)CC1. The molecule has 1 saturated heterocycles. The Labute approximate surface area is 754 Å². The zero-order chi connectivity index (χ0) is 96.3. The molecule has 0 radical (unpaired) electrons. The van der Waals surface area contributed by atoms with E-state index in [-0.39, 0.29) is 146 Å². The van der Waals surface area contributed by atoms with Crippen LogP contribution in [0, 0.1) is 11.8 Å². The molecule has 7 rings (SSSR count). The van der Waals surface area contributed by atoms with Gasteiger partial charge in [0.05, 0.1) is 50.9 Å². The van der Waals surface area contributed by atoms with E-state index in [9.17, 15) is 132 Å². The van der Waals surface area contributed by atoms with Crippen molar-refractivity contribution in [1.82, 2.24) is 108 Å². The van der Waals surface area contributed by atoms with Crippen LogP contribution in [0.25, 0.3) is 10.8 Å². The maximum atomic E-state index is 14.8. The number of aromatic amines is 3. The molecule has 1 saturated carbocycles. The maximum Gasteiger partial charge on any atom is 0.326 e. The van der Waals surface area contributed by atoms with Crippen molar-refractivity contribution in [1.29, 1.82) is 0 Å². The van der Waals surface area contributed by atoms with Gasteiger partial charge in [-0.15, -0.1) is 0 Å². The summed E-state index contributed by atoms with van der Waals surface area (Å²) in [5.74, 6) is -21.1. The molecule has 1 aliphatic heterocycles. The van der Waals surface area contributed by atoms with Crippen LogP contribution in [0.5, 0.6) is 0 Å². The van der Waals surface area contributed by atoms with Crippen molar-refractivity contribution in [2.45, 2.75) is 183 Å². The number of aromatic nitrogens is 6. The highest BCUT2D eigenvalue weighted by atomic mass is 16.4. The quantitative estimate of drug-likeness (QED) is 0.0167. The Hall–Kier alpha value is -14.1. The average Bonchev–Trinajstić information content (AvgIpc) is 1.03. The molecule has 2 fully saturated rings. The molecular weight excluding hydrogens is 1740 g/mol. The van der Waals surface area contributed by atoms with Gasteiger partial charge in [-0.25, -0.2) is 29.3 Å². The molecule has 3 aromatic heterocycles. The standard InChI is InChI=1S/C83H115N21O28/c105-65(41-101-24-26-102(42-70(114)115)28-30-104(44-72(118)119)31-29-103(27-25-101)43-71(116)117)92-62(34-53-38-84-45-89-53)78(125)94-57(17-20-67(108)109)76(123)98-64(36-55-40-86-47-91-55)80(127)95-58(18-21-68(110)111)77(124)97-63(35-54-39-85-46-90-54)79(126)93-56(9-5-10-66(106)107)74(121)88-37-48-11-15-51(16-12-48)73(120)96-61(33-49-13-14-50-6-1-2-7-52(50)32-49)75(122)87-23-4-3-8-59(81(128)129)99-83(132)100-60(82(130)131)19-22-69(112)113/h1-2,6-7,13-14,32,38-40,45-48,51,56-64H,3-5,8-12,15-31,33-37,41-44H2,(H,84,89)(H,85,90)(H,86,91)(H,87,122)(H,88,121)(H,92,105)(H,93,126)(H,94,125)(H,95,127)(H,96,120)(H,97,124)(H,98,123)(H,106,107)(H,108,109)(H,110,111)(H,112,113)(H,114,115)(H,116,117)(H,118,119)(H,128,129)(H,130,131)(H2,99,100,132)/t48?,51?,56-,57-,58-,59-,60-,61-,62-,63-,64-/m0/s1. The fourth-order valence-corrected chi connectivity index (χ4v) is 14.9. The number of fused-ring (bicyclic) bond motifs is 1. The second kappa shape index (κ2) is 54.4. The first-order valence-corrected chi connectivity index (χ1v) is 42.9. The number of carboxylic acids is 9. The number of imidazole rings is 3. The smallest absolute Gasteiger partial charge is 0.326 e. The predicted octanol–water partition coefficient (Wildman–Crippen LogP) is -3.59. The lowest BCUT2D eigenvalue weighted by molar-refractivity contribution is -0.141. The van der Waals surface area contributed by atoms with Crippen LogP contribution in [0.2, 0.25) is 0 Å². The van der Waals surface area contributed by atoms with Gasteiger partial charge in [0.15, 0.2) is 0 Å². The van der Waals surface area contributed by atoms with Crippen molar-refractivity contribution in [3.05, 3.63) is 103 Å². The number of rotatable bonds is 55. The molecule has 132 heavy (non-hydrogen) atoms. The van der Waals surface area contributed by atoms with Crippen LogP contribution in [0.1, 0.15) is 125 Å². The van der Waals surface area contributed by atoms with Gasteiger partial charge in [0.1, 0.15) is 54.4 Å². The van der Waals surface area contributed by atoms with E-state index in [1.807, 2.05) is 42.5 Å². The summed E-state index contributed by atoms with van der Waals surface area (Å²) in [7, 11) is 0. The van der Waals surface area contributed by atoms with Gasteiger partial charge >= 0.3 is 59.8 Å². The Morgan fingerprint density at radius 1 is 0.379 bits per heavy atom. The Kier molecular flexibility index (Phi) is 43.3. The van der Waals surface area contributed by atoms with Crippen LogP contribution in [0.15, 0.2) is 80.0 Å². The summed E-state index contributed by atoms with van der Waals surface area (Å²) in [5.41, 5.74) is 1.32. The average molecular weight is 1850 g/mol. The van der Waals surface area contributed by atoms with E-state index >= 15 is 0 Å². The summed E-state index contributed by atoms with van der Waals surface area (Å²) >= 11 is 0. The van der Waals surface area contributed by atoms with Gasteiger partial charge in [-0.2, -0.15) is 0 Å². The van der Waals surface area contributed by atoms with Crippen molar-refractivity contribution in [2.24, 2.45) is 11.8 Å². The van der Waals surface area contributed by atoms with Gasteiger partial charge in [-0.05, 0) is 99.3 Å². The number of nitrogens with zero attached hydrogens (tertiary/aromatic N) is 7. The number of H-pyrrole nitrogens is 3. The summed E-state index contributed by atoms with van der Waals surface area (Å²) in [5, 5.41) is 117. The van der Waals surface area contributed by atoms with Gasteiger partial charge < -0.3 is 119 Å². The first kappa shape index (κ1) is 105. The van der Waals surface area contributed by atoms with E-state index in [1.165, 1.54) is 47.4 Å². The molecule has 2 aromatic carbocycles. The summed E-state index contributed by atoms with van der Waals surface area (Å²) in [4.78, 5) is 276. The van der Waals surface area contributed by atoms with E-state index in [1.54, 1.807) is 9.80 Å². The number of carboxylic acid groups (broad SMARTS) is 9. The van der Waals surface area contributed by atoms with Gasteiger partial charge in [0, 0.05) is 153 Å². The zero-order valence-corrected chi connectivity index (χ0v) is 72.3. The molecule has 49 heteroatoms. The molecular formula is C83H115N21O28. The third kappa shape index (κ3) is 38.7. The Morgan fingerprint density at radius 3 is 1.25 bits per heavy atom. The number of carbonyl (C=O) groups is 19. The van der Waals surface area contributed by atoms with E-state index in [4.69, 9.17) is 5.11 Å². The van der Waals surface area contributed by atoms with Crippen LogP contribution in [-0.2, 0) is 112 Å². The molecule has 0 spiro atoms. The van der Waals surface area contributed by atoms with E-state index in [0.717, 1.165) is 10.8 Å². The number of nitrogens with one attached hydrogen (secondary N) is 14. The van der Waals surface area contributed by atoms with Gasteiger partial charge in [-0.3, -0.25) is 96.3 Å². The molecule has 5 aromatic rings. The van der Waals surface area contributed by atoms with Crippen molar-refractivity contribution < 1.29 is 137 Å². The molecule has 11 amide bonds. The van der Waals surface area contributed by atoms with Crippen LogP contribution in [-0.4, -0.2) is 354 Å². The Bertz CT molecular complexity index is 4710. The lowest BCUT2D eigenvalue weighted by Gasteiger charge is -2.33.